The largest absolute Gasteiger partial charge is 0.419 e. The van der Waals surface area contributed by atoms with Crippen molar-refractivity contribution in [2.45, 2.75) is 12.3 Å². The molecule has 0 saturated heterocycles. The van der Waals surface area contributed by atoms with Gasteiger partial charge in [0.25, 0.3) is 0 Å². The zero-order valence-corrected chi connectivity index (χ0v) is 10.5. The van der Waals surface area contributed by atoms with Gasteiger partial charge in [0, 0.05) is 5.56 Å². The molecule has 0 unspecified atom stereocenters. The number of benzene rings is 1. The van der Waals surface area contributed by atoms with Crippen LogP contribution in [-0.2, 0) is 0 Å². The maximum absolute atomic E-state index is 5.89. The number of aromatic nitrogens is 2. The van der Waals surface area contributed by atoms with E-state index in [1.165, 1.54) is 0 Å². The monoisotopic (exact) mass is 276 g/mol. The molecule has 84 valence electrons. The van der Waals surface area contributed by atoms with E-state index in [1.54, 1.807) is 25.1 Å². The average molecular weight is 278 g/mol. The van der Waals surface area contributed by atoms with E-state index in [1.807, 2.05) is 0 Å². The smallest absolute Gasteiger partial charge is 0.247 e. The Kier molecular flexibility index (Phi) is 3.38. The molecule has 6 heteroatoms. The molecule has 0 fully saturated rings. The van der Waals surface area contributed by atoms with E-state index in [2.05, 4.69) is 10.2 Å². The molecule has 0 aliphatic heterocycles. The van der Waals surface area contributed by atoms with Crippen LogP contribution in [0.15, 0.2) is 22.6 Å². The minimum absolute atomic E-state index is 0.316. The first-order valence-corrected chi connectivity index (χ1v) is 5.70. The summed E-state index contributed by atoms with van der Waals surface area (Å²) in [5.74, 6) is 0.754. The van der Waals surface area contributed by atoms with Crippen molar-refractivity contribution in [3.05, 3.63) is 34.1 Å². The summed E-state index contributed by atoms with van der Waals surface area (Å²) in [5, 5.41) is 8.30. The summed E-state index contributed by atoms with van der Waals surface area (Å²) < 4.78 is 5.37. The summed E-state index contributed by atoms with van der Waals surface area (Å²) in [4.78, 5) is 0. The maximum Gasteiger partial charge on any atom is 0.247 e. The normalized spacial score (nSPS) is 12.8. The summed E-state index contributed by atoms with van der Waals surface area (Å²) in [7, 11) is 0. The van der Waals surface area contributed by atoms with Gasteiger partial charge in [-0.2, -0.15) is 0 Å². The first-order chi connectivity index (χ1) is 7.58. The van der Waals surface area contributed by atoms with E-state index in [0.717, 1.165) is 0 Å². The second-order valence-corrected chi connectivity index (χ2v) is 4.66. The van der Waals surface area contributed by atoms with Gasteiger partial charge in [0.2, 0.25) is 11.8 Å². The van der Waals surface area contributed by atoms with Gasteiger partial charge in [-0.3, -0.25) is 0 Å². The van der Waals surface area contributed by atoms with Crippen molar-refractivity contribution in [1.29, 1.82) is 0 Å². The van der Waals surface area contributed by atoms with E-state index >= 15 is 0 Å². The fourth-order valence-corrected chi connectivity index (χ4v) is 1.53. The van der Waals surface area contributed by atoms with Crippen molar-refractivity contribution in [1.82, 2.24) is 10.2 Å². The van der Waals surface area contributed by atoms with Crippen LogP contribution >= 0.6 is 34.8 Å². The van der Waals surface area contributed by atoms with Crippen LogP contribution in [-0.4, -0.2) is 10.2 Å². The molecule has 1 atom stereocenters. The number of hydrogen-bond donors (Lipinski definition) is 0. The highest BCUT2D eigenvalue weighted by Gasteiger charge is 2.13. The second-order valence-electron chi connectivity index (χ2n) is 3.19. The highest BCUT2D eigenvalue weighted by atomic mass is 35.5. The Morgan fingerprint density at radius 3 is 2.50 bits per heavy atom. The molecule has 0 saturated carbocycles. The van der Waals surface area contributed by atoms with Crippen LogP contribution in [0.1, 0.15) is 18.2 Å². The van der Waals surface area contributed by atoms with Crippen molar-refractivity contribution in [3.8, 4) is 11.5 Å². The lowest BCUT2D eigenvalue weighted by molar-refractivity contribution is 0.507. The summed E-state index contributed by atoms with van der Waals surface area (Å²) in [5.41, 5.74) is 0.713. The van der Waals surface area contributed by atoms with E-state index < -0.39 is 0 Å². The SMILES string of the molecule is C[C@@H](Cl)c1nnc(-c2ccc(Cl)c(Cl)c2)o1. The Labute approximate surface area is 107 Å². The van der Waals surface area contributed by atoms with E-state index in [-0.39, 0.29) is 5.38 Å². The fourth-order valence-electron chi connectivity index (χ4n) is 1.14. The second kappa shape index (κ2) is 4.62. The molecule has 0 aliphatic carbocycles. The highest BCUT2D eigenvalue weighted by molar-refractivity contribution is 6.42. The lowest BCUT2D eigenvalue weighted by atomic mass is 10.2. The first-order valence-electron chi connectivity index (χ1n) is 4.51. The van der Waals surface area contributed by atoms with Crippen LogP contribution in [0.3, 0.4) is 0 Å². The first kappa shape index (κ1) is 11.7. The molecule has 2 rings (SSSR count). The van der Waals surface area contributed by atoms with Crippen molar-refractivity contribution in [3.63, 3.8) is 0 Å². The molecular weight excluding hydrogens is 270 g/mol. The van der Waals surface area contributed by atoms with Crippen molar-refractivity contribution < 1.29 is 4.42 Å². The zero-order chi connectivity index (χ0) is 11.7. The fraction of sp³-hybridized carbons (Fsp3) is 0.200. The number of alkyl halides is 1. The van der Waals surface area contributed by atoms with Crippen LogP contribution in [0.25, 0.3) is 11.5 Å². The molecule has 1 aromatic carbocycles. The summed E-state index contributed by atoms with van der Waals surface area (Å²) in [6.07, 6.45) is 0. The molecule has 0 aliphatic rings. The Bertz CT molecular complexity index is 511. The molecule has 0 radical (unpaired) electrons. The van der Waals surface area contributed by atoms with Crippen molar-refractivity contribution >= 4 is 34.8 Å². The number of rotatable bonds is 2. The van der Waals surface area contributed by atoms with Crippen molar-refractivity contribution in [2.24, 2.45) is 0 Å². The third-order valence-corrected chi connectivity index (χ3v) is 2.87. The third-order valence-electron chi connectivity index (χ3n) is 1.95. The van der Waals surface area contributed by atoms with Gasteiger partial charge in [-0.15, -0.1) is 21.8 Å². The predicted octanol–water partition coefficient (Wildman–Crippen LogP) is 4.34. The molecule has 0 amide bonds. The molecule has 0 spiro atoms. The van der Waals surface area contributed by atoms with Gasteiger partial charge in [0.05, 0.1) is 10.0 Å². The molecule has 1 heterocycles. The van der Waals surface area contributed by atoms with Crippen LogP contribution in [0.4, 0.5) is 0 Å². The predicted molar refractivity (Wildman–Crippen MR) is 64.0 cm³/mol. The van der Waals surface area contributed by atoms with Crippen molar-refractivity contribution in [2.75, 3.05) is 0 Å². The summed E-state index contributed by atoms with van der Waals surface area (Å²) >= 11 is 17.5. The quantitative estimate of drug-likeness (QED) is 0.766. The number of halogens is 3. The Morgan fingerprint density at radius 1 is 1.19 bits per heavy atom. The van der Waals surface area contributed by atoms with E-state index in [0.29, 0.717) is 27.4 Å². The zero-order valence-electron chi connectivity index (χ0n) is 8.25. The maximum atomic E-state index is 5.89. The topological polar surface area (TPSA) is 38.9 Å². The van der Waals surface area contributed by atoms with Gasteiger partial charge in [0.1, 0.15) is 5.38 Å². The van der Waals surface area contributed by atoms with Gasteiger partial charge >= 0.3 is 0 Å². The molecule has 0 N–H and O–H groups in total. The Morgan fingerprint density at radius 2 is 1.94 bits per heavy atom. The molecular formula is C10H7Cl3N2O. The van der Waals surface area contributed by atoms with Gasteiger partial charge in [-0.25, -0.2) is 0 Å². The van der Waals surface area contributed by atoms with Gasteiger partial charge in [-0.1, -0.05) is 23.2 Å². The van der Waals surface area contributed by atoms with Crippen LogP contribution in [0, 0.1) is 0 Å². The third kappa shape index (κ3) is 2.32. The summed E-state index contributed by atoms with van der Waals surface area (Å²) in [6, 6.07) is 5.09. The van der Waals surface area contributed by atoms with E-state index in [9.17, 15) is 0 Å². The lowest BCUT2D eigenvalue weighted by Gasteiger charge is -1.98. The minimum Gasteiger partial charge on any atom is -0.419 e. The highest BCUT2D eigenvalue weighted by Crippen LogP contribution is 2.29. The minimum atomic E-state index is -0.316. The van der Waals surface area contributed by atoms with E-state index in [4.69, 9.17) is 39.2 Å². The average Bonchev–Trinajstić information content (AvgIpc) is 2.71. The van der Waals surface area contributed by atoms with Crippen LogP contribution < -0.4 is 0 Å². The standard InChI is InChI=1S/C10H7Cl3N2O/c1-5(11)9-14-15-10(16-9)6-2-3-7(12)8(13)4-6/h2-5H,1H3/t5-/m1/s1. The van der Waals surface area contributed by atoms with Gasteiger partial charge in [0.15, 0.2) is 0 Å². The molecule has 0 bridgehead atoms. The number of hydrogen-bond acceptors (Lipinski definition) is 3. The van der Waals surface area contributed by atoms with Gasteiger partial charge in [-0.05, 0) is 25.1 Å². The van der Waals surface area contributed by atoms with Gasteiger partial charge < -0.3 is 4.42 Å². The lowest BCUT2D eigenvalue weighted by Crippen LogP contribution is -1.81. The molecule has 1 aromatic heterocycles. The Balaban J connectivity index is 2.39. The molecule has 16 heavy (non-hydrogen) atoms. The molecule has 2 aromatic rings. The Hall–Kier alpha value is -0.770. The van der Waals surface area contributed by atoms with Crippen LogP contribution in [0.5, 0.6) is 0 Å². The molecule has 3 nitrogen and oxygen atoms in total. The van der Waals surface area contributed by atoms with Crippen LogP contribution in [0.2, 0.25) is 10.0 Å². The number of nitrogens with zero attached hydrogens (tertiary/aromatic N) is 2. The summed E-state index contributed by atoms with van der Waals surface area (Å²) in [6.45, 7) is 1.76.